The highest BCUT2D eigenvalue weighted by Gasteiger charge is 2.72. The van der Waals surface area contributed by atoms with E-state index in [9.17, 15) is 4.79 Å². The Kier molecular flexibility index (Phi) is 5.17. The molecule has 1 spiro atoms. The number of guanidine groups is 1. The van der Waals surface area contributed by atoms with Gasteiger partial charge in [0.2, 0.25) is 5.96 Å². The Labute approximate surface area is 189 Å². The topological polar surface area (TPSA) is 45.1 Å². The van der Waals surface area contributed by atoms with Crippen LogP contribution < -0.4 is 9.80 Å². The van der Waals surface area contributed by atoms with Crippen LogP contribution in [-0.2, 0) is 9.53 Å². The van der Waals surface area contributed by atoms with Gasteiger partial charge in [-0.2, -0.15) is 0 Å². The van der Waals surface area contributed by atoms with Gasteiger partial charge in [-0.1, -0.05) is 67.9 Å². The van der Waals surface area contributed by atoms with Crippen LogP contribution in [0.3, 0.4) is 0 Å². The third kappa shape index (κ3) is 3.16. The molecular weight excluding hydrogens is 398 g/mol. The molecule has 5 heteroatoms. The van der Waals surface area contributed by atoms with Crippen molar-refractivity contribution in [1.29, 1.82) is 0 Å². The van der Waals surface area contributed by atoms with Crippen LogP contribution in [0.4, 0.5) is 17.1 Å². The lowest BCUT2D eigenvalue weighted by Crippen LogP contribution is -2.47. The Balaban J connectivity index is 1.78. The molecule has 3 aromatic rings. The molecule has 2 fully saturated rings. The maximum atomic E-state index is 13.3. The van der Waals surface area contributed by atoms with Crippen molar-refractivity contribution in [2.75, 3.05) is 16.9 Å². The van der Waals surface area contributed by atoms with Gasteiger partial charge in [0.05, 0.1) is 18.3 Å². The van der Waals surface area contributed by atoms with Gasteiger partial charge in [-0.25, -0.2) is 9.79 Å². The van der Waals surface area contributed by atoms with Gasteiger partial charge in [0.1, 0.15) is 0 Å². The third-order valence-electron chi connectivity index (χ3n) is 6.63. The number of hydrogen-bond acceptors (Lipinski definition) is 3. The van der Waals surface area contributed by atoms with E-state index in [0.29, 0.717) is 5.92 Å². The van der Waals surface area contributed by atoms with Crippen molar-refractivity contribution in [2.24, 2.45) is 10.9 Å². The molecule has 1 aliphatic carbocycles. The van der Waals surface area contributed by atoms with Gasteiger partial charge in [0.25, 0.3) is 0 Å². The second-order valence-electron chi connectivity index (χ2n) is 8.35. The van der Waals surface area contributed by atoms with E-state index >= 15 is 0 Å². The van der Waals surface area contributed by atoms with Crippen molar-refractivity contribution >= 4 is 29.0 Å². The summed E-state index contributed by atoms with van der Waals surface area (Å²) in [7, 11) is 1.47. The van der Waals surface area contributed by atoms with E-state index < -0.39 is 11.6 Å². The van der Waals surface area contributed by atoms with E-state index in [2.05, 4.69) is 28.9 Å². The molecule has 3 atom stereocenters. The molecule has 0 amide bonds. The summed E-state index contributed by atoms with van der Waals surface area (Å²) >= 11 is 0. The summed E-state index contributed by atoms with van der Waals surface area (Å²) in [5.74, 6) is 0.880. The molecule has 1 aliphatic heterocycles. The summed E-state index contributed by atoms with van der Waals surface area (Å²) in [5, 5.41) is 0. The number of anilines is 2. The molecule has 1 saturated carbocycles. The molecule has 0 bridgehead atoms. The van der Waals surface area contributed by atoms with Gasteiger partial charge in [-0.15, -0.1) is 0 Å². The van der Waals surface area contributed by atoms with E-state index in [1.165, 1.54) is 7.11 Å². The highest BCUT2D eigenvalue weighted by Crippen LogP contribution is 2.60. The number of ether oxygens (including phenoxy) is 1. The van der Waals surface area contributed by atoms with Crippen LogP contribution in [-0.4, -0.2) is 30.6 Å². The Morgan fingerprint density at radius 3 is 2.03 bits per heavy atom. The Hall–Kier alpha value is -3.60. The van der Waals surface area contributed by atoms with E-state index in [0.717, 1.165) is 35.9 Å². The molecule has 3 aromatic carbocycles. The van der Waals surface area contributed by atoms with Crippen LogP contribution in [0.2, 0.25) is 0 Å². The number of para-hydroxylation sites is 3. The van der Waals surface area contributed by atoms with Crippen LogP contribution in [0, 0.1) is 5.92 Å². The highest BCUT2D eigenvalue weighted by atomic mass is 16.5. The molecule has 5 nitrogen and oxygen atoms in total. The number of benzene rings is 3. The lowest BCUT2D eigenvalue weighted by Gasteiger charge is -2.28. The first kappa shape index (κ1) is 20.3. The van der Waals surface area contributed by atoms with Gasteiger partial charge < -0.3 is 9.64 Å². The average molecular weight is 426 g/mol. The van der Waals surface area contributed by atoms with Crippen LogP contribution in [0.5, 0.6) is 0 Å². The average Bonchev–Trinajstić information content (AvgIpc) is 3.50. The Morgan fingerprint density at radius 1 is 0.938 bits per heavy atom. The second kappa shape index (κ2) is 8.15. The summed E-state index contributed by atoms with van der Waals surface area (Å²) in [6.45, 7) is 2.19. The predicted molar refractivity (Wildman–Crippen MR) is 128 cm³/mol. The zero-order valence-electron chi connectivity index (χ0n) is 18.4. The van der Waals surface area contributed by atoms with E-state index in [-0.39, 0.29) is 5.97 Å². The fraction of sp³-hybridized carbons (Fsp3) is 0.259. The summed E-state index contributed by atoms with van der Waals surface area (Å²) in [5.41, 5.74) is 2.41. The number of hydrogen-bond donors (Lipinski definition) is 0. The van der Waals surface area contributed by atoms with Crippen molar-refractivity contribution in [3.05, 3.63) is 91.0 Å². The molecule has 0 radical (unpaired) electrons. The summed E-state index contributed by atoms with van der Waals surface area (Å²) in [4.78, 5) is 22.8. The molecule has 0 unspecified atom stereocenters. The fourth-order valence-corrected chi connectivity index (χ4v) is 5.13. The fourth-order valence-electron chi connectivity index (χ4n) is 5.13. The first-order chi connectivity index (χ1) is 15.7. The maximum Gasteiger partial charge on any atom is 0.331 e. The molecular formula is C27H27N3O2. The molecule has 32 heavy (non-hydrogen) atoms. The first-order valence-corrected chi connectivity index (χ1v) is 11.1. The predicted octanol–water partition coefficient (Wildman–Crippen LogP) is 5.41. The zero-order chi connectivity index (χ0) is 22.1. The monoisotopic (exact) mass is 425 g/mol. The van der Waals surface area contributed by atoms with E-state index in [4.69, 9.17) is 9.73 Å². The van der Waals surface area contributed by atoms with Crippen LogP contribution >= 0.6 is 0 Å². The molecule has 5 rings (SSSR count). The molecule has 0 aromatic heterocycles. The minimum Gasteiger partial charge on any atom is -0.467 e. The third-order valence-corrected chi connectivity index (χ3v) is 6.63. The van der Waals surface area contributed by atoms with E-state index in [1.807, 2.05) is 78.9 Å². The number of carbonyl (C=O) groups is 1. The van der Waals surface area contributed by atoms with Gasteiger partial charge in [0, 0.05) is 11.4 Å². The summed E-state index contributed by atoms with van der Waals surface area (Å²) in [6.07, 6.45) is 1.90. The van der Waals surface area contributed by atoms with Crippen LogP contribution in [0.15, 0.2) is 96.0 Å². The normalized spacial score (nSPS) is 25.4. The molecule has 2 aliphatic rings. The SMILES string of the molecule is CC[C@H]1C[C@@]12[C@H](C(=O)OC)N(c1ccccc1)C(=Nc1ccccc1)N2c1ccccc1. The molecule has 1 saturated heterocycles. The van der Waals surface area contributed by atoms with Crippen molar-refractivity contribution in [1.82, 2.24) is 0 Å². The number of aliphatic imine (C=N–C) groups is 1. The quantitative estimate of drug-likeness (QED) is 0.513. The lowest BCUT2D eigenvalue weighted by molar-refractivity contribution is -0.142. The highest BCUT2D eigenvalue weighted by molar-refractivity contribution is 6.17. The second-order valence-corrected chi connectivity index (χ2v) is 8.35. The lowest BCUT2D eigenvalue weighted by atomic mass is 10.0. The van der Waals surface area contributed by atoms with Gasteiger partial charge in [-0.05, 0) is 48.7 Å². The van der Waals surface area contributed by atoms with Crippen molar-refractivity contribution < 1.29 is 9.53 Å². The molecule has 1 heterocycles. The maximum absolute atomic E-state index is 13.3. The van der Waals surface area contributed by atoms with Crippen LogP contribution in [0.25, 0.3) is 0 Å². The van der Waals surface area contributed by atoms with E-state index in [1.54, 1.807) is 0 Å². The summed E-state index contributed by atoms with van der Waals surface area (Å²) < 4.78 is 5.37. The largest absolute Gasteiger partial charge is 0.467 e. The van der Waals surface area contributed by atoms with Gasteiger partial charge in [0.15, 0.2) is 6.04 Å². The Morgan fingerprint density at radius 2 is 1.50 bits per heavy atom. The molecule has 0 N–H and O–H groups in total. The standard InChI is InChI=1S/C27H27N3O2/c1-3-20-19-27(20)24(25(31)32-2)29(22-15-9-5-10-16-22)26(28-21-13-7-4-8-14-21)30(27)23-17-11-6-12-18-23/h4-18,20,24H,3,19H2,1-2H3/t20-,24-,27-/m0/s1. The molecule has 162 valence electrons. The van der Waals surface area contributed by atoms with Crippen LogP contribution in [0.1, 0.15) is 19.8 Å². The van der Waals surface area contributed by atoms with Gasteiger partial charge in [-0.3, -0.25) is 4.90 Å². The van der Waals surface area contributed by atoms with Gasteiger partial charge >= 0.3 is 5.97 Å². The number of carbonyl (C=O) groups excluding carboxylic acids is 1. The summed E-state index contributed by atoms with van der Waals surface area (Å²) in [6, 6.07) is 29.7. The minimum atomic E-state index is -0.484. The number of methoxy groups -OCH3 is 1. The number of nitrogens with zero attached hydrogens (tertiary/aromatic N) is 3. The first-order valence-electron chi connectivity index (χ1n) is 11.1. The van der Waals surface area contributed by atoms with Crippen molar-refractivity contribution in [2.45, 2.75) is 31.3 Å². The zero-order valence-corrected chi connectivity index (χ0v) is 18.4. The number of esters is 1. The smallest absolute Gasteiger partial charge is 0.331 e. The number of rotatable bonds is 5. The van der Waals surface area contributed by atoms with Crippen molar-refractivity contribution in [3.63, 3.8) is 0 Å². The Bertz CT molecular complexity index is 1120. The minimum absolute atomic E-state index is 0.232. The van der Waals surface area contributed by atoms with Crippen molar-refractivity contribution in [3.8, 4) is 0 Å².